The molecule has 1 aliphatic rings. The number of hydrogen-bond acceptors (Lipinski definition) is 6. The van der Waals surface area contributed by atoms with Crippen molar-refractivity contribution in [3.05, 3.63) is 48.0 Å². The molecular weight excluding hydrogens is 488 g/mol. The molecule has 1 aliphatic heterocycles. The van der Waals surface area contributed by atoms with Crippen LogP contribution < -0.4 is 16.0 Å². The molecule has 3 amide bonds. The third-order valence-corrected chi connectivity index (χ3v) is 7.12. The second-order valence-corrected chi connectivity index (χ2v) is 9.94. The first-order chi connectivity index (χ1) is 18.2. The Kier molecular flexibility index (Phi) is 10.6. The number of aliphatic hydroxyl groups excluding tert-OH is 1. The zero-order chi connectivity index (χ0) is 27.7. The molecule has 5 N–H and O–H groups in total. The molecule has 0 aliphatic carbocycles. The van der Waals surface area contributed by atoms with Crippen molar-refractivity contribution in [1.82, 2.24) is 20.9 Å². The van der Waals surface area contributed by atoms with Crippen molar-refractivity contribution in [3.63, 3.8) is 0 Å². The monoisotopic (exact) mass is 526 g/mol. The van der Waals surface area contributed by atoms with Crippen LogP contribution in [-0.4, -0.2) is 76.6 Å². The second-order valence-electron chi connectivity index (χ2n) is 9.94. The van der Waals surface area contributed by atoms with E-state index in [0.29, 0.717) is 25.9 Å². The zero-order valence-corrected chi connectivity index (χ0v) is 22.0. The number of carboxylic acid groups (broad SMARTS) is 1. The number of nitrogens with one attached hydrogen (secondary N) is 3. The van der Waals surface area contributed by atoms with Gasteiger partial charge < -0.3 is 26.2 Å². The van der Waals surface area contributed by atoms with Gasteiger partial charge in [-0.15, -0.1) is 0 Å². The van der Waals surface area contributed by atoms with Gasteiger partial charge in [0.1, 0.15) is 12.1 Å². The molecule has 1 heterocycles. The lowest BCUT2D eigenvalue weighted by molar-refractivity contribution is -0.142. The van der Waals surface area contributed by atoms with E-state index in [2.05, 4.69) is 16.0 Å². The summed E-state index contributed by atoms with van der Waals surface area (Å²) >= 11 is 0. The molecule has 0 spiro atoms. The van der Waals surface area contributed by atoms with Gasteiger partial charge in [-0.2, -0.15) is 0 Å². The van der Waals surface area contributed by atoms with Crippen molar-refractivity contribution >= 4 is 34.5 Å². The summed E-state index contributed by atoms with van der Waals surface area (Å²) in [5, 5.41) is 29.0. The average Bonchev–Trinajstić information content (AvgIpc) is 3.34. The predicted octanol–water partition coefficient (Wildman–Crippen LogP) is 1.40. The van der Waals surface area contributed by atoms with Crippen molar-refractivity contribution in [2.24, 2.45) is 5.92 Å². The van der Waals surface area contributed by atoms with Crippen LogP contribution in [0.15, 0.2) is 42.5 Å². The maximum atomic E-state index is 13.0. The van der Waals surface area contributed by atoms with Crippen LogP contribution in [-0.2, 0) is 25.7 Å². The summed E-state index contributed by atoms with van der Waals surface area (Å²) in [5.41, 5.74) is 0.998. The van der Waals surface area contributed by atoms with E-state index in [1.54, 1.807) is 0 Å². The summed E-state index contributed by atoms with van der Waals surface area (Å²) < 4.78 is 0. The molecule has 2 aromatic rings. The van der Waals surface area contributed by atoms with E-state index in [0.717, 1.165) is 22.8 Å². The smallest absolute Gasteiger partial charge is 0.326 e. The van der Waals surface area contributed by atoms with Crippen LogP contribution in [0.1, 0.15) is 45.1 Å². The van der Waals surface area contributed by atoms with E-state index >= 15 is 0 Å². The summed E-state index contributed by atoms with van der Waals surface area (Å²) in [5.74, 6) is -2.00. The Bertz CT molecular complexity index is 1130. The number of carbonyl (C=O) groups is 4. The van der Waals surface area contributed by atoms with Gasteiger partial charge in [0.05, 0.1) is 6.54 Å². The number of amides is 3. The van der Waals surface area contributed by atoms with Crippen LogP contribution in [0.5, 0.6) is 0 Å². The highest BCUT2D eigenvalue weighted by Crippen LogP contribution is 2.21. The molecule has 2 aromatic carbocycles. The van der Waals surface area contributed by atoms with Crippen molar-refractivity contribution in [3.8, 4) is 0 Å². The number of fused-ring (bicyclic) bond motifs is 1. The lowest BCUT2D eigenvalue weighted by Gasteiger charge is -2.32. The minimum absolute atomic E-state index is 0.0790. The highest BCUT2D eigenvalue weighted by Gasteiger charge is 2.31. The number of hydrogen-bond donors (Lipinski definition) is 5. The molecule has 38 heavy (non-hydrogen) atoms. The molecule has 0 unspecified atom stereocenters. The highest BCUT2D eigenvalue weighted by molar-refractivity contribution is 5.91. The number of aliphatic carboxylic acids is 1. The number of benzene rings is 2. The van der Waals surface area contributed by atoms with Gasteiger partial charge in [-0.3, -0.25) is 19.3 Å². The fourth-order valence-electron chi connectivity index (χ4n) is 4.71. The third-order valence-electron chi connectivity index (χ3n) is 7.12. The first-order valence-corrected chi connectivity index (χ1v) is 13.1. The fourth-order valence-corrected chi connectivity index (χ4v) is 4.71. The van der Waals surface area contributed by atoms with Gasteiger partial charge in [0.25, 0.3) is 0 Å². The van der Waals surface area contributed by atoms with E-state index in [1.165, 1.54) is 0 Å². The Morgan fingerprint density at radius 1 is 1.13 bits per heavy atom. The molecule has 0 aromatic heterocycles. The Hall–Kier alpha value is -3.50. The van der Waals surface area contributed by atoms with E-state index in [1.807, 2.05) is 61.2 Å². The first kappa shape index (κ1) is 29.1. The molecule has 0 bridgehead atoms. The fraction of sp³-hybridized carbons (Fsp3) is 0.500. The highest BCUT2D eigenvalue weighted by atomic mass is 16.4. The van der Waals surface area contributed by atoms with Gasteiger partial charge in [-0.25, -0.2) is 4.79 Å². The van der Waals surface area contributed by atoms with Crippen molar-refractivity contribution in [1.29, 1.82) is 0 Å². The third kappa shape index (κ3) is 8.00. The van der Waals surface area contributed by atoms with Crippen LogP contribution in [0.4, 0.5) is 0 Å². The van der Waals surface area contributed by atoms with E-state index in [9.17, 15) is 29.4 Å². The second kappa shape index (κ2) is 13.9. The standard InChI is InChI=1S/C28H38N4O6/c1-3-18(2)24(31-27(36)22-11-12-25(34)29-22)16-32(17-26(35)30-23(13-14-33)28(37)38)15-20-9-6-8-19-7-4-5-10-21(19)20/h4-10,18,22-24,33H,3,11-17H2,1-2H3,(H,29,34)(H,30,35)(H,31,36)(H,37,38)/t18-,22-,23-,24+/m0/s1. The summed E-state index contributed by atoms with van der Waals surface area (Å²) in [6.07, 6.45) is 1.45. The molecule has 1 saturated heterocycles. The van der Waals surface area contributed by atoms with Crippen molar-refractivity contribution in [2.75, 3.05) is 19.7 Å². The van der Waals surface area contributed by atoms with Gasteiger partial charge in [-0.1, -0.05) is 62.7 Å². The first-order valence-electron chi connectivity index (χ1n) is 13.1. The number of nitrogens with zero attached hydrogens (tertiary/aromatic N) is 1. The van der Waals surface area contributed by atoms with E-state index in [-0.39, 0.29) is 43.3 Å². The Labute approximate surface area is 222 Å². The average molecular weight is 527 g/mol. The number of rotatable bonds is 14. The van der Waals surface area contributed by atoms with Gasteiger partial charge in [0.15, 0.2) is 0 Å². The van der Waals surface area contributed by atoms with Crippen molar-refractivity contribution in [2.45, 2.75) is 64.2 Å². The maximum Gasteiger partial charge on any atom is 0.326 e. The Morgan fingerprint density at radius 3 is 2.53 bits per heavy atom. The van der Waals surface area contributed by atoms with Crippen LogP contribution >= 0.6 is 0 Å². The summed E-state index contributed by atoms with van der Waals surface area (Å²) in [6.45, 7) is 4.33. The largest absolute Gasteiger partial charge is 0.480 e. The summed E-state index contributed by atoms with van der Waals surface area (Å²) in [6, 6.07) is 11.8. The molecule has 0 radical (unpaired) electrons. The van der Waals surface area contributed by atoms with E-state index < -0.39 is 24.0 Å². The minimum Gasteiger partial charge on any atom is -0.480 e. The summed E-state index contributed by atoms with van der Waals surface area (Å²) in [7, 11) is 0. The van der Waals surface area contributed by atoms with Crippen LogP contribution in [0.3, 0.4) is 0 Å². The van der Waals surface area contributed by atoms with Crippen LogP contribution in [0.2, 0.25) is 0 Å². The lowest BCUT2D eigenvalue weighted by atomic mass is 9.97. The molecule has 206 valence electrons. The van der Waals surface area contributed by atoms with Gasteiger partial charge in [-0.05, 0) is 28.7 Å². The Morgan fingerprint density at radius 2 is 1.87 bits per heavy atom. The van der Waals surface area contributed by atoms with Crippen LogP contribution in [0, 0.1) is 5.92 Å². The molecule has 10 heteroatoms. The number of carbonyl (C=O) groups excluding carboxylic acids is 3. The Balaban J connectivity index is 1.83. The van der Waals surface area contributed by atoms with Crippen LogP contribution in [0.25, 0.3) is 10.8 Å². The number of carboxylic acids is 1. The van der Waals surface area contributed by atoms with Crippen molar-refractivity contribution < 1.29 is 29.4 Å². The van der Waals surface area contributed by atoms with E-state index in [4.69, 9.17) is 0 Å². The molecule has 4 atom stereocenters. The quantitative estimate of drug-likeness (QED) is 0.250. The summed E-state index contributed by atoms with van der Waals surface area (Å²) in [4.78, 5) is 50.9. The van der Waals surface area contributed by atoms with Gasteiger partial charge in [0.2, 0.25) is 17.7 Å². The SMILES string of the molecule is CC[C@H](C)[C@@H](CN(CC(=O)N[C@@H](CCO)C(=O)O)Cc1cccc2ccccc12)NC(=O)[C@@H]1CCC(=O)N1. The molecular formula is C28H38N4O6. The molecule has 1 fully saturated rings. The maximum absolute atomic E-state index is 13.0. The zero-order valence-electron chi connectivity index (χ0n) is 22.0. The van der Waals surface area contributed by atoms with Gasteiger partial charge in [0, 0.05) is 38.6 Å². The molecule has 10 nitrogen and oxygen atoms in total. The minimum atomic E-state index is -1.21. The lowest BCUT2D eigenvalue weighted by Crippen LogP contribution is -2.53. The number of aliphatic hydroxyl groups is 1. The normalized spacial score (nSPS) is 17.6. The predicted molar refractivity (Wildman–Crippen MR) is 143 cm³/mol. The molecule has 3 rings (SSSR count). The van der Waals surface area contributed by atoms with Gasteiger partial charge >= 0.3 is 5.97 Å². The molecule has 0 saturated carbocycles. The topological polar surface area (TPSA) is 148 Å².